The van der Waals surface area contributed by atoms with Gasteiger partial charge in [-0.1, -0.05) is 50.1 Å². The molecule has 96 valence electrons. The maximum absolute atomic E-state index is 10.0. The molecular weight excluding hydrogens is 218 g/mol. The molecule has 0 radical (unpaired) electrons. The zero-order chi connectivity index (χ0) is 12.2. The Kier molecular flexibility index (Phi) is 12.9. The largest absolute Gasteiger partial charge is 0.481 e. The topological polar surface area (TPSA) is 89.4 Å². The summed E-state index contributed by atoms with van der Waals surface area (Å²) in [4.78, 5) is 19.9. The van der Waals surface area contributed by atoms with Gasteiger partial charge in [-0.2, -0.15) is 0 Å². The highest BCUT2D eigenvalue weighted by Crippen LogP contribution is 1.97. The van der Waals surface area contributed by atoms with Gasteiger partial charge >= 0.3 is 5.97 Å². The Balaban J connectivity index is 0. The summed E-state index contributed by atoms with van der Waals surface area (Å²) in [5.74, 6) is -0.682. The zero-order valence-corrected chi connectivity index (χ0v) is 10.3. The fourth-order valence-corrected chi connectivity index (χ4v) is 1.06. The molecule has 0 heterocycles. The van der Waals surface area contributed by atoms with Crippen LogP contribution in [0.4, 0.5) is 0 Å². The number of carbonyl (C=O) groups excluding carboxylic acids is 1. The fourth-order valence-electron chi connectivity index (χ4n) is 1.06. The van der Waals surface area contributed by atoms with Crippen molar-refractivity contribution < 1.29 is 14.7 Å². The first kappa shape index (κ1) is 17.7. The molecule has 0 aliphatic carbocycles. The Morgan fingerprint density at radius 1 is 1.24 bits per heavy atom. The highest BCUT2D eigenvalue weighted by molar-refractivity contribution is 5.74. The molecule has 0 amide bonds. The predicted octanol–water partition coefficient (Wildman–Crippen LogP) is 3.31. The van der Waals surface area contributed by atoms with Gasteiger partial charge in [0.1, 0.15) is 6.29 Å². The SMILES string of the molecule is CCCCCC(=O)O.N.O=Cc1ccccc1. The molecule has 4 nitrogen and oxygen atoms in total. The predicted molar refractivity (Wildman–Crippen MR) is 68.6 cm³/mol. The molecule has 1 rings (SSSR count). The van der Waals surface area contributed by atoms with E-state index in [-0.39, 0.29) is 6.15 Å². The van der Waals surface area contributed by atoms with Gasteiger partial charge < -0.3 is 11.3 Å². The minimum absolute atomic E-state index is 0. The first-order chi connectivity index (χ1) is 7.70. The van der Waals surface area contributed by atoms with E-state index in [4.69, 9.17) is 5.11 Å². The molecule has 4 N–H and O–H groups in total. The maximum Gasteiger partial charge on any atom is 0.303 e. The summed E-state index contributed by atoms with van der Waals surface area (Å²) >= 11 is 0. The van der Waals surface area contributed by atoms with E-state index >= 15 is 0 Å². The van der Waals surface area contributed by atoms with Gasteiger partial charge in [0, 0.05) is 12.0 Å². The van der Waals surface area contributed by atoms with Crippen LogP contribution < -0.4 is 6.15 Å². The van der Waals surface area contributed by atoms with Crippen LogP contribution in [0.2, 0.25) is 0 Å². The van der Waals surface area contributed by atoms with E-state index < -0.39 is 5.97 Å². The summed E-state index contributed by atoms with van der Waals surface area (Å²) < 4.78 is 0. The third-order valence-corrected chi connectivity index (χ3v) is 1.93. The Bertz CT molecular complexity index is 299. The van der Waals surface area contributed by atoms with Gasteiger partial charge in [-0.25, -0.2) is 0 Å². The third-order valence-electron chi connectivity index (χ3n) is 1.93. The van der Waals surface area contributed by atoms with E-state index in [0.29, 0.717) is 6.42 Å². The van der Waals surface area contributed by atoms with Crippen molar-refractivity contribution in [2.45, 2.75) is 32.6 Å². The monoisotopic (exact) mass is 239 g/mol. The molecule has 1 aromatic carbocycles. The average molecular weight is 239 g/mol. The Hall–Kier alpha value is -1.68. The van der Waals surface area contributed by atoms with Gasteiger partial charge in [0.25, 0.3) is 0 Å². The van der Waals surface area contributed by atoms with E-state index in [0.717, 1.165) is 31.1 Å². The van der Waals surface area contributed by atoms with E-state index in [1.54, 1.807) is 12.1 Å². The number of rotatable bonds is 5. The molecule has 0 bridgehead atoms. The molecule has 17 heavy (non-hydrogen) atoms. The Morgan fingerprint density at radius 3 is 2.18 bits per heavy atom. The second-order valence-electron chi connectivity index (χ2n) is 3.38. The van der Waals surface area contributed by atoms with Crippen molar-refractivity contribution in [3.8, 4) is 0 Å². The van der Waals surface area contributed by atoms with Crippen molar-refractivity contribution in [1.29, 1.82) is 0 Å². The number of hydrogen-bond acceptors (Lipinski definition) is 3. The van der Waals surface area contributed by atoms with Gasteiger partial charge in [-0.3, -0.25) is 9.59 Å². The first-order valence-corrected chi connectivity index (χ1v) is 5.42. The Morgan fingerprint density at radius 2 is 1.82 bits per heavy atom. The van der Waals surface area contributed by atoms with Crippen LogP contribution in [0, 0.1) is 0 Å². The molecule has 0 aliphatic rings. The summed E-state index contributed by atoms with van der Waals surface area (Å²) in [6.45, 7) is 2.06. The Labute approximate surface area is 102 Å². The molecule has 4 heteroatoms. The smallest absolute Gasteiger partial charge is 0.303 e. The lowest BCUT2D eigenvalue weighted by molar-refractivity contribution is -0.137. The molecule has 0 fully saturated rings. The van der Waals surface area contributed by atoms with Crippen LogP contribution in [0.25, 0.3) is 0 Å². The van der Waals surface area contributed by atoms with Crippen LogP contribution in [0.15, 0.2) is 30.3 Å². The van der Waals surface area contributed by atoms with Gasteiger partial charge in [0.2, 0.25) is 0 Å². The summed E-state index contributed by atoms with van der Waals surface area (Å²) in [5.41, 5.74) is 0.729. The molecule has 0 aromatic heterocycles. The molecule has 0 spiro atoms. The number of carboxylic acids is 1. The van der Waals surface area contributed by atoms with Crippen LogP contribution in [-0.2, 0) is 4.79 Å². The first-order valence-electron chi connectivity index (χ1n) is 5.42. The highest BCUT2D eigenvalue weighted by atomic mass is 16.4. The van der Waals surface area contributed by atoms with E-state index in [1.807, 2.05) is 18.2 Å². The number of aldehydes is 1. The van der Waals surface area contributed by atoms with Crippen LogP contribution in [-0.4, -0.2) is 17.4 Å². The van der Waals surface area contributed by atoms with Crippen molar-refractivity contribution in [2.24, 2.45) is 0 Å². The summed E-state index contributed by atoms with van der Waals surface area (Å²) in [7, 11) is 0. The molecular formula is C13H21NO3. The van der Waals surface area contributed by atoms with Crippen molar-refractivity contribution in [3.05, 3.63) is 35.9 Å². The standard InChI is InChI=1S/C7H6O.C6H12O2.H3N/c8-6-7-4-2-1-3-5-7;1-2-3-4-5-6(7)8;/h1-6H;2-5H2,1H3,(H,7,8);1H3. The van der Waals surface area contributed by atoms with Gasteiger partial charge in [-0.15, -0.1) is 0 Å². The number of aliphatic carboxylic acids is 1. The lowest BCUT2D eigenvalue weighted by atomic mass is 10.2. The number of hydrogen-bond donors (Lipinski definition) is 2. The van der Waals surface area contributed by atoms with Crippen molar-refractivity contribution in [3.63, 3.8) is 0 Å². The summed E-state index contributed by atoms with van der Waals surface area (Å²) in [6, 6.07) is 9.10. The van der Waals surface area contributed by atoms with Crippen molar-refractivity contribution in [2.75, 3.05) is 0 Å². The minimum atomic E-state index is -0.682. The average Bonchev–Trinajstić information content (AvgIpc) is 2.31. The molecule has 1 aromatic rings. The third kappa shape index (κ3) is 12.3. The van der Waals surface area contributed by atoms with Crippen molar-refractivity contribution in [1.82, 2.24) is 6.15 Å². The minimum Gasteiger partial charge on any atom is -0.481 e. The molecule has 0 aliphatic heterocycles. The number of unbranched alkanes of at least 4 members (excludes halogenated alkanes) is 2. The fraction of sp³-hybridized carbons (Fsp3) is 0.385. The number of carbonyl (C=O) groups is 2. The lowest BCUT2D eigenvalue weighted by Gasteiger charge is -1.89. The number of benzene rings is 1. The van der Waals surface area contributed by atoms with Crippen molar-refractivity contribution >= 4 is 12.3 Å². The van der Waals surface area contributed by atoms with Crippen LogP contribution in [0.5, 0.6) is 0 Å². The summed E-state index contributed by atoms with van der Waals surface area (Å²) in [5, 5.41) is 8.14. The van der Waals surface area contributed by atoms with Crippen LogP contribution in [0.1, 0.15) is 43.0 Å². The van der Waals surface area contributed by atoms with Gasteiger partial charge in [0.15, 0.2) is 0 Å². The maximum atomic E-state index is 10.0. The second-order valence-corrected chi connectivity index (χ2v) is 3.38. The van der Waals surface area contributed by atoms with Gasteiger partial charge in [-0.05, 0) is 6.42 Å². The number of carboxylic acid groups (broad SMARTS) is 1. The van der Waals surface area contributed by atoms with Gasteiger partial charge in [0.05, 0.1) is 0 Å². The van der Waals surface area contributed by atoms with E-state index in [1.165, 1.54) is 0 Å². The molecule has 0 unspecified atom stereocenters. The highest BCUT2D eigenvalue weighted by Gasteiger charge is 1.92. The van der Waals surface area contributed by atoms with Crippen LogP contribution in [0.3, 0.4) is 0 Å². The summed E-state index contributed by atoms with van der Waals surface area (Å²) in [6.07, 6.45) is 4.11. The quantitative estimate of drug-likeness (QED) is 0.609. The molecule has 0 saturated heterocycles. The zero-order valence-electron chi connectivity index (χ0n) is 10.3. The second kappa shape index (κ2) is 12.4. The van der Waals surface area contributed by atoms with Crippen LogP contribution >= 0.6 is 0 Å². The molecule has 0 saturated carbocycles. The lowest BCUT2D eigenvalue weighted by Crippen LogP contribution is -1.92. The van der Waals surface area contributed by atoms with E-state index in [2.05, 4.69) is 6.92 Å². The molecule has 0 atom stereocenters. The van der Waals surface area contributed by atoms with E-state index in [9.17, 15) is 9.59 Å². The normalized spacial score (nSPS) is 8.29.